The van der Waals surface area contributed by atoms with Gasteiger partial charge in [-0.2, -0.15) is 4.31 Å². The smallest absolute Gasteiger partial charge is 0.306 e. The second-order valence-corrected chi connectivity index (χ2v) is 12.1. The van der Waals surface area contributed by atoms with E-state index in [1.54, 1.807) is 26.0 Å². The van der Waals surface area contributed by atoms with Crippen LogP contribution in [0.1, 0.15) is 58.8 Å². The molecule has 0 spiro atoms. The number of nitrogens with zero attached hydrogens (tertiary/aromatic N) is 1. The molecule has 0 aromatic heterocycles. The molecule has 2 N–H and O–H groups in total. The van der Waals surface area contributed by atoms with E-state index in [4.69, 9.17) is 4.74 Å². The molecule has 4 bridgehead atoms. The van der Waals surface area contributed by atoms with Crippen LogP contribution in [0.3, 0.4) is 0 Å². The molecule has 9 heteroatoms. The van der Waals surface area contributed by atoms with Gasteiger partial charge >= 0.3 is 5.97 Å². The lowest BCUT2D eigenvalue weighted by Crippen LogP contribution is -2.56. The largest absolute Gasteiger partial charge is 0.456 e. The van der Waals surface area contributed by atoms with Gasteiger partial charge in [0.1, 0.15) is 0 Å². The Balaban J connectivity index is 1.32. The highest BCUT2D eigenvalue weighted by molar-refractivity contribution is 7.89. The van der Waals surface area contributed by atoms with Crippen molar-refractivity contribution in [2.45, 2.75) is 69.3 Å². The molecular weight excluding hydrogens is 444 g/mol. The first-order valence-electron chi connectivity index (χ1n) is 11.8. The third-order valence-electron chi connectivity index (χ3n) is 7.50. The van der Waals surface area contributed by atoms with Crippen molar-refractivity contribution in [3.63, 3.8) is 0 Å². The van der Waals surface area contributed by atoms with E-state index in [0.29, 0.717) is 37.0 Å². The van der Waals surface area contributed by atoms with Gasteiger partial charge in [-0.05, 0) is 74.0 Å². The summed E-state index contributed by atoms with van der Waals surface area (Å²) < 4.78 is 32.0. The minimum absolute atomic E-state index is 0.0979. The van der Waals surface area contributed by atoms with E-state index in [1.165, 1.54) is 16.4 Å². The fourth-order valence-corrected chi connectivity index (χ4v) is 8.26. The van der Waals surface area contributed by atoms with Crippen LogP contribution in [0.4, 0.5) is 5.69 Å². The van der Waals surface area contributed by atoms with Gasteiger partial charge in [-0.3, -0.25) is 9.59 Å². The number of nitrogens with one attached hydrogen (secondary N) is 1. The zero-order chi connectivity index (χ0) is 23.9. The second kappa shape index (κ2) is 9.00. The van der Waals surface area contributed by atoms with Crippen LogP contribution < -0.4 is 5.32 Å². The Labute approximate surface area is 195 Å². The topological polar surface area (TPSA) is 113 Å². The SMILES string of the molecule is CCN(CC)S(=O)(=O)c1cccc(NC(=O)COC(=O)CC23C[C@H]4C[C@@H](CC(O)(C4)C2)C3)c1. The standard InChI is InChI=1S/C24H34N2O6S/c1-3-26(4-2)33(30,31)20-7-5-6-19(9-20)25-21(27)15-32-22(28)14-23-10-17-8-18(11-23)13-24(29,12-17)16-23/h5-7,9,17-18,29H,3-4,8,10-16H2,1-2H3,(H,25,27)/t17-,18-,23?,24?/m1/s1. The van der Waals surface area contributed by atoms with E-state index < -0.39 is 34.1 Å². The summed E-state index contributed by atoms with van der Waals surface area (Å²) in [5.41, 5.74) is -0.523. The molecule has 1 aromatic carbocycles. The molecule has 4 saturated carbocycles. The van der Waals surface area contributed by atoms with Crippen molar-refractivity contribution < 1.29 is 27.9 Å². The quantitative estimate of drug-likeness (QED) is 0.528. The maximum absolute atomic E-state index is 12.7. The molecule has 0 saturated heterocycles. The highest BCUT2D eigenvalue weighted by Gasteiger charge is 2.57. The van der Waals surface area contributed by atoms with Gasteiger partial charge in [0.15, 0.2) is 6.61 Å². The molecule has 1 aromatic rings. The normalized spacial score (nSPS) is 30.4. The van der Waals surface area contributed by atoms with Crippen LogP contribution in [-0.2, 0) is 24.3 Å². The van der Waals surface area contributed by atoms with E-state index >= 15 is 0 Å². The molecule has 4 aliphatic carbocycles. The molecule has 1 amide bonds. The van der Waals surface area contributed by atoms with Crippen molar-refractivity contribution in [1.82, 2.24) is 4.31 Å². The summed E-state index contributed by atoms with van der Waals surface area (Å²) >= 11 is 0. The number of carbonyl (C=O) groups excluding carboxylic acids is 2. The average Bonchev–Trinajstić information content (AvgIpc) is 2.71. The van der Waals surface area contributed by atoms with Gasteiger partial charge in [0.25, 0.3) is 5.91 Å². The molecule has 0 aliphatic heterocycles. The second-order valence-electron chi connectivity index (χ2n) is 10.2. The van der Waals surface area contributed by atoms with E-state index in [0.717, 1.165) is 32.1 Å². The van der Waals surface area contributed by atoms with Crippen molar-refractivity contribution in [3.05, 3.63) is 24.3 Å². The minimum atomic E-state index is -3.64. The molecule has 0 unspecified atom stereocenters. The number of hydrogen-bond donors (Lipinski definition) is 2. The Kier molecular flexibility index (Phi) is 6.59. The fourth-order valence-electron chi connectivity index (χ4n) is 6.76. The number of hydrogen-bond acceptors (Lipinski definition) is 6. The lowest BCUT2D eigenvalue weighted by atomic mass is 9.47. The molecule has 8 nitrogen and oxygen atoms in total. The van der Waals surface area contributed by atoms with E-state index in [1.807, 2.05) is 0 Å². The molecule has 0 heterocycles. The maximum Gasteiger partial charge on any atom is 0.306 e. The highest BCUT2D eigenvalue weighted by Crippen LogP contribution is 2.62. The molecule has 4 fully saturated rings. The zero-order valence-corrected chi connectivity index (χ0v) is 20.2. The first-order chi connectivity index (χ1) is 15.6. The average molecular weight is 479 g/mol. The summed E-state index contributed by atoms with van der Waals surface area (Å²) in [6.45, 7) is 3.81. The van der Waals surface area contributed by atoms with Crippen LogP contribution in [0.15, 0.2) is 29.2 Å². The Bertz CT molecular complexity index is 1010. The predicted octanol–water partition coefficient (Wildman–Crippen LogP) is 2.92. The zero-order valence-electron chi connectivity index (χ0n) is 19.4. The first-order valence-corrected chi connectivity index (χ1v) is 13.3. The number of ether oxygens (including phenoxy) is 1. The van der Waals surface area contributed by atoms with Crippen molar-refractivity contribution in [1.29, 1.82) is 0 Å². The molecule has 0 radical (unpaired) electrons. The Hall–Kier alpha value is -1.97. The summed E-state index contributed by atoms with van der Waals surface area (Å²) in [4.78, 5) is 25.0. The van der Waals surface area contributed by atoms with Gasteiger partial charge in [-0.25, -0.2) is 8.42 Å². The number of carbonyl (C=O) groups is 2. The maximum atomic E-state index is 12.7. The van der Waals surface area contributed by atoms with Gasteiger partial charge in [-0.15, -0.1) is 0 Å². The van der Waals surface area contributed by atoms with Crippen molar-refractivity contribution in [2.75, 3.05) is 25.0 Å². The summed E-state index contributed by atoms with van der Waals surface area (Å²) in [5, 5.41) is 13.5. The molecule has 2 atom stereocenters. The van der Waals surface area contributed by atoms with Crippen LogP contribution in [0.5, 0.6) is 0 Å². The monoisotopic (exact) mass is 478 g/mol. The third-order valence-corrected chi connectivity index (χ3v) is 9.54. The van der Waals surface area contributed by atoms with E-state index in [9.17, 15) is 23.1 Å². The van der Waals surface area contributed by atoms with Crippen LogP contribution in [0.25, 0.3) is 0 Å². The third kappa shape index (κ3) is 5.10. The van der Waals surface area contributed by atoms with Gasteiger partial charge in [0.2, 0.25) is 10.0 Å². The summed E-state index contributed by atoms with van der Waals surface area (Å²) in [6.07, 6.45) is 5.58. The number of sulfonamides is 1. The van der Waals surface area contributed by atoms with E-state index in [-0.39, 0.29) is 16.7 Å². The van der Waals surface area contributed by atoms with Crippen LogP contribution in [0.2, 0.25) is 0 Å². The number of aliphatic hydroxyl groups is 1. The molecular formula is C24H34N2O6S. The van der Waals surface area contributed by atoms with E-state index in [2.05, 4.69) is 5.32 Å². The molecule has 5 rings (SSSR count). The number of rotatable bonds is 9. The van der Waals surface area contributed by atoms with Gasteiger partial charge in [0, 0.05) is 18.8 Å². The Morgan fingerprint density at radius 3 is 2.42 bits per heavy atom. The van der Waals surface area contributed by atoms with Crippen LogP contribution >= 0.6 is 0 Å². The molecule has 182 valence electrons. The molecule has 33 heavy (non-hydrogen) atoms. The number of benzene rings is 1. The summed E-state index contributed by atoms with van der Waals surface area (Å²) in [6, 6.07) is 6.05. The number of esters is 1. The lowest BCUT2D eigenvalue weighted by Gasteiger charge is -2.60. The Morgan fingerprint density at radius 2 is 1.82 bits per heavy atom. The number of anilines is 1. The van der Waals surface area contributed by atoms with Crippen molar-refractivity contribution in [3.8, 4) is 0 Å². The fraction of sp³-hybridized carbons (Fsp3) is 0.667. The van der Waals surface area contributed by atoms with Crippen LogP contribution in [0, 0.1) is 17.3 Å². The van der Waals surface area contributed by atoms with Gasteiger partial charge < -0.3 is 15.2 Å². The van der Waals surface area contributed by atoms with Crippen molar-refractivity contribution >= 4 is 27.6 Å². The first kappa shape index (κ1) is 24.2. The summed E-state index contributed by atoms with van der Waals surface area (Å²) in [5.74, 6) is 0.0120. The van der Waals surface area contributed by atoms with Gasteiger partial charge in [-0.1, -0.05) is 19.9 Å². The Morgan fingerprint density at radius 1 is 1.15 bits per heavy atom. The lowest BCUT2D eigenvalue weighted by molar-refractivity contribution is -0.177. The number of amides is 1. The summed E-state index contributed by atoms with van der Waals surface area (Å²) in [7, 11) is -3.64. The van der Waals surface area contributed by atoms with Gasteiger partial charge in [0.05, 0.1) is 16.9 Å². The molecule has 4 aliphatic rings. The predicted molar refractivity (Wildman–Crippen MR) is 123 cm³/mol. The highest BCUT2D eigenvalue weighted by atomic mass is 32.2. The van der Waals surface area contributed by atoms with Crippen LogP contribution in [-0.4, -0.2) is 55.0 Å². The van der Waals surface area contributed by atoms with Crippen molar-refractivity contribution in [2.24, 2.45) is 17.3 Å². The minimum Gasteiger partial charge on any atom is -0.456 e.